The molecule has 2 aliphatic rings. The zero-order chi connectivity index (χ0) is 43.0. The third-order valence-corrected chi connectivity index (χ3v) is 14.0. The summed E-state index contributed by atoms with van der Waals surface area (Å²) < 4.78 is 25.0. The molecule has 0 saturated heterocycles. The summed E-state index contributed by atoms with van der Waals surface area (Å²) in [6, 6.07) is 75.8. The van der Waals surface area contributed by atoms with Gasteiger partial charge in [0.05, 0.1) is 27.8 Å². The molecule has 10 aromatic carbocycles. The molecule has 0 spiro atoms. The Hall–Kier alpha value is -8.74. The van der Waals surface area contributed by atoms with Crippen molar-refractivity contribution in [3.05, 3.63) is 212 Å². The number of benzene rings is 10. The molecule has 13 aromatic rings. The number of rotatable bonds is 4. The molecular weight excluding hydrogens is 807 g/mol. The van der Waals surface area contributed by atoms with Crippen LogP contribution in [0.1, 0.15) is 0 Å². The number of aromatic nitrogens is 2. The smallest absolute Gasteiger partial charge is 0.260 e. The highest BCUT2D eigenvalue weighted by Crippen LogP contribution is 2.46. The van der Waals surface area contributed by atoms with Crippen molar-refractivity contribution < 1.29 is 13.9 Å². The van der Waals surface area contributed by atoms with Crippen LogP contribution in [0.3, 0.4) is 0 Å². The number of nitrogens with zero attached hydrogens (tertiary/aromatic N) is 2. The van der Waals surface area contributed by atoms with E-state index in [4.69, 9.17) is 13.9 Å². The van der Waals surface area contributed by atoms with E-state index in [1.54, 1.807) is 0 Å². The lowest BCUT2D eigenvalue weighted by atomic mass is 9.35. The van der Waals surface area contributed by atoms with Crippen molar-refractivity contribution in [2.24, 2.45) is 0 Å². The molecule has 15 rings (SSSR count). The summed E-state index contributed by atoms with van der Waals surface area (Å²) in [7, 11) is 0. The summed E-state index contributed by atoms with van der Waals surface area (Å²) in [4.78, 5) is 0. The molecule has 0 radical (unpaired) electrons. The average molecular weight is 843 g/mol. The SMILES string of the molecule is c1ccc(-n2c3ccccc3c3c(-n4c5ccccc5c5cccc(-c6cccc7oc8cc(-c9cc%10c%11c(c9)Oc9ccccc9B%11c9ccccc9O%10)ccc8c67)c54)cccc32)cc1. The van der Waals surface area contributed by atoms with Crippen LogP contribution in [0.15, 0.2) is 217 Å². The van der Waals surface area contributed by atoms with Gasteiger partial charge < -0.3 is 23.0 Å². The predicted octanol–water partition coefficient (Wildman–Crippen LogP) is 13.8. The molecule has 5 heterocycles. The maximum Gasteiger partial charge on any atom is 0.260 e. The monoisotopic (exact) mass is 842 g/mol. The Morgan fingerprint density at radius 2 is 0.985 bits per heavy atom. The number of ether oxygens (including phenoxy) is 2. The van der Waals surface area contributed by atoms with Gasteiger partial charge >= 0.3 is 0 Å². The number of hydrogen-bond acceptors (Lipinski definition) is 3. The third-order valence-electron chi connectivity index (χ3n) is 14.0. The van der Waals surface area contributed by atoms with Crippen LogP contribution < -0.4 is 25.9 Å². The van der Waals surface area contributed by atoms with Gasteiger partial charge in [-0.1, -0.05) is 133 Å². The van der Waals surface area contributed by atoms with Gasteiger partial charge in [0.1, 0.15) is 34.2 Å². The highest BCUT2D eigenvalue weighted by Gasteiger charge is 2.40. The second-order valence-electron chi connectivity index (χ2n) is 17.5. The van der Waals surface area contributed by atoms with Gasteiger partial charge in [-0.3, -0.25) is 0 Å². The first-order valence-corrected chi connectivity index (χ1v) is 22.5. The molecule has 0 aliphatic carbocycles. The van der Waals surface area contributed by atoms with Crippen LogP contribution in [0.4, 0.5) is 0 Å². The van der Waals surface area contributed by atoms with E-state index in [2.05, 4.69) is 209 Å². The van der Waals surface area contributed by atoms with E-state index in [1.165, 1.54) is 27.1 Å². The second-order valence-corrected chi connectivity index (χ2v) is 17.5. The van der Waals surface area contributed by atoms with Crippen LogP contribution in [0, 0.1) is 0 Å². The van der Waals surface area contributed by atoms with Crippen LogP contribution in [-0.2, 0) is 0 Å². The van der Waals surface area contributed by atoms with Gasteiger partial charge in [0.25, 0.3) is 6.71 Å². The average Bonchev–Trinajstić information content (AvgIpc) is 4.04. The van der Waals surface area contributed by atoms with Gasteiger partial charge in [-0.05, 0) is 106 Å². The topological polar surface area (TPSA) is 41.5 Å². The standard InChI is InChI=1S/C60H35BN2O3/c1-2-15-38(16-3-1)62-48-25-9-5-18-43(48)58-49(62)26-14-27-50(58)63-47-24-8-4-17-39(47)41-20-12-21-42(60(41)63)40-19-13-30-53-57(40)44-32-31-36(33-54(44)66-53)37-34-55-59-56(35-37)65-52-29-11-7-23-46(52)61(59)45-22-6-10-28-51(45)64-55/h1-35H. The van der Waals surface area contributed by atoms with Crippen molar-refractivity contribution in [2.75, 3.05) is 0 Å². The van der Waals surface area contributed by atoms with E-state index in [9.17, 15) is 0 Å². The summed E-state index contributed by atoms with van der Waals surface area (Å²) in [6.07, 6.45) is 0. The lowest BCUT2D eigenvalue weighted by molar-refractivity contribution is 0.465. The molecule has 0 N–H and O–H groups in total. The van der Waals surface area contributed by atoms with Crippen molar-refractivity contribution in [3.63, 3.8) is 0 Å². The lowest BCUT2D eigenvalue weighted by Crippen LogP contribution is -2.57. The highest BCUT2D eigenvalue weighted by molar-refractivity contribution is 6.98. The van der Waals surface area contributed by atoms with Gasteiger partial charge in [0.2, 0.25) is 0 Å². The first kappa shape index (κ1) is 35.7. The highest BCUT2D eigenvalue weighted by atomic mass is 16.5. The van der Waals surface area contributed by atoms with E-state index in [-0.39, 0.29) is 6.71 Å². The van der Waals surface area contributed by atoms with Gasteiger partial charge in [0.15, 0.2) is 0 Å². The predicted molar refractivity (Wildman–Crippen MR) is 271 cm³/mol. The normalized spacial score (nSPS) is 12.8. The molecular formula is C60H35BN2O3. The molecule has 0 unspecified atom stereocenters. The van der Waals surface area contributed by atoms with E-state index in [1.807, 2.05) is 12.1 Å². The molecule has 5 nitrogen and oxygen atoms in total. The number of fused-ring (bicyclic) bond motifs is 13. The third kappa shape index (κ3) is 4.90. The van der Waals surface area contributed by atoms with E-state index >= 15 is 0 Å². The molecule has 6 heteroatoms. The summed E-state index contributed by atoms with van der Waals surface area (Å²) in [5.41, 5.74) is 16.3. The second kappa shape index (κ2) is 13.4. The maximum absolute atomic E-state index is 6.83. The van der Waals surface area contributed by atoms with Crippen molar-refractivity contribution in [3.8, 4) is 56.6 Å². The quantitative estimate of drug-likeness (QED) is 0.166. The molecule has 0 amide bonds. The van der Waals surface area contributed by atoms with Gasteiger partial charge in [0, 0.05) is 49.0 Å². The Morgan fingerprint density at radius 3 is 1.77 bits per heavy atom. The first-order chi connectivity index (χ1) is 32.7. The van der Waals surface area contributed by atoms with Crippen molar-refractivity contribution in [1.29, 1.82) is 0 Å². The van der Waals surface area contributed by atoms with Crippen molar-refractivity contribution >= 4 is 88.7 Å². The van der Waals surface area contributed by atoms with Gasteiger partial charge in [-0.25, -0.2) is 0 Å². The molecule has 2 aliphatic heterocycles. The minimum absolute atomic E-state index is 0.0287. The van der Waals surface area contributed by atoms with E-state index < -0.39 is 0 Å². The molecule has 66 heavy (non-hydrogen) atoms. The van der Waals surface area contributed by atoms with E-state index in [0.717, 1.165) is 112 Å². The van der Waals surface area contributed by atoms with Crippen LogP contribution in [0.5, 0.6) is 23.0 Å². The summed E-state index contributed by atoms with van der Waals surface area (Å²) >= 11 is 0. The summed E-state index contributed by atoms with van der Waals surface area (Å²) in [6.45, 7) is 0.0287. The lowest BCUT2D eigenvalue weighted by Gasteiger charge is -2.33. The van der Waals surface area contributed by atoms with Crippen LogP contribution >= 0.6 is 0 Å². The van der Waals surface area contributed by atoms with Crippen molar-refractivity contribution in [2.45, 2.75) is 0 Å². The summed E-state index contributed by atoms with van der Waals surface area (Å²) in [5, 5.41) is 6.99. The molecule has 0 saturated carbocycles. The Morgan fingerprint density at radius 1 is 0.364 bits per heavy atom. The number of para-hydroxylation sites is 6. The minimum atomic E-state index is 0.0287. The fourth-order valence-electron chi connectivity index (χ4n) is 11.3. The van der Waals surface area contributed by atoms with Crippen LogP contribution in [0.2, 0.25) is 0 Å². The molecule has 0 fully saturated rings. The molecule has 3 aromatic heterocycles. The Bertz CT molecular complexity index is 4130. The molecule has 0 atom stereocenters. The van der Waals surface area contributed by atoms with Crippen molar-refractivity contribution in [1.82, 2.24) is 9.13 Å². The minimum Gasteiger partial charge on any atom is -0.458 e. The maximum atomic E-state index is 6.83. The van der Waals surface area contributed by atoms with Crippen LogP contribution in [-0.4, -0.2) is 15.8 Å². The largest absolute Gasteiger partial charge is 0.458 e. The van der Waals surface area contributed by atoms with E-state index in [0.29, 0.717) is 0 Å². The Kier molecular flexibility index (Phi) is 7.24. The fourth-order valence-corrected chi connectivity index (χ4v) is 11.3. The fraction of sp³-hybridized carbons (Fsp3) is 0. The van der Waals surface area contributed by atoms with Gasteiger partial charge in [-0.15, -0.1) is 0 Å². The van der Waals surface area contributed by atoms with Gasteiger partial charge in [-0.2, -0.15) is 0 Å². The number of hydrogen-bond donors (Lipinski definition) is 0. The zero-order valence-corrected chi connectivity index (χ0v) is 35.4. The van der Waals surface area contributed by atoms with Crippen LogP contribution in [0.25, 0.3) is 99.2 Å². The molecule has 306 valence electrons. The summed E-state index contributed by atoms with van der Waals surface area (Å²) in [5.74, 6) is 3.38. The number of furan rings is 1. The zero-order valence-electron chi connectivity index (χ0n) is 35.4. The first-order valence-electron chi connectivity index (χ1n) is 22.5. The Balaban J connectivity index is 0.931. The Labute approximate surface area is 379 Å². The molecule has 0 bridgehead atoms.